The number of carbonyl (C=O) groups is 1. The predicted octanol–water partition coefficient (Wildman–Crippen LogP) is 4.43. The maximum atomic E-state index is 12.2. The van der Waals surface area contributed by atoms with Crippen molar-refractivity contribution in [3.63, 3.8) is 0 Å². The number of thioether (sulfide) groups is 1. The van der Waals surface area contributed by atoms with Gasteiger partial charge in [-0.05, 0) is 66.2 Å². The lowest BCUT2D eigenvalue weighted by atomic mass is 10.1. The fourth-order valence-corrected chi connectivity index (χ4v) is 3.47. The van der Waals surface area contributed by atoms with E-state index in [1.54, 1.807) is 6.20 Å². The second-order valence-corrected chi connectivity index (χ2v) is 6.81. The van der Waals surface area contributed by atoms with E-state index in [1.165, 1.54) is 11.8 Å². The molecule has 0 bridgehead atoms. The number of pyridine rings is 1. The number of hydrogen-bond donors (Lipinski definition) is 1. The zero-order valence-electron chi connectivity index (χ0n) is 13.6. The van der Waals surface area contributed by atoms with Crippen LogP contribution >= 0.6 is 11.8 Å². The van der Waals surface area contributed by atoms with Crippen LogP contribution in [0.3, 0.4) is 0 Å². The molecule has 2 heterocycles. The smallest absolute Gasteiger partial charge is 0.264 e. The predicted molar refractivity (Wildman–Crippen MR) is 104 cm³/mol. The summed E-state index contributed by atoms with van der Waals surface area (Å²) in [4.78, 5) is 21.7. The van der Waals surface area contributed by atoms with Gasteiger partial charge in [-0.1, -0.05) is 24.3 Å². The quantitative estimate of drug-likeness (QED) is 0.699. The fraction of sp³-hybridized carbons (Fsp3) is 0.0500. The molecule has 0 unspecified atom stereocenters. The molecule has 1 saturated heterocycles. The van der Waals surface area contributed by atoms with E-state index < -0.39 is 0 Å². The van der Waals surface area contributed by atoms with E-state index >= 15 is 0 Å². The van der Waals surface area contributed by atoms with Gasteiger partial charge in [0.2, 0.25) is 0 Å². The lowest BCUT2D eigenvalue weighted by molar-refractivity contribution is -0.115. The van der Waals surface area contributed by atoms with E-state index in [-0.39, 0.29) is 5.91 Å². The van der Waals surface area contributed by atoms with Crippen LogP contribution in [-0.4, -0.2) is 16.1 Å². The highest BCUT2D eigenvalue weighted by atomic mass is 32.2. The molecule has 0 spiro atoms. The summed E-state index contributed by atoms with van der Waals surface area (Å²) in [6.07, 6.45) is 3.65. The van der Waals surface area contributed by atoms with Crippen molar-refractivity contribution in [2.45, 2.75) is 6.92 Å². The van der Waals surface area contributed by atoms with Gasteiger partial charge in [0.1, 0.15) is 0 Å². The van der Waals surface area contributed by atoms with Gasteiger partial charge in [-0.25, -0.2) is 4.99 Å². The van der Waals surface area contributed by atoms with Gasteiger partial charge in [-0.2, -0.15) is 0 Å². The van der Waals surface area contributed by atoms with Crippen LogP contribution in [0.15, 0.2) is 70.7 Å². The molecule has 0 radical (unpaired) electrons. The summed E-state index contributed by atoms with van der Waals surface area (Å²) in [6, 6.07) is 17.7. The lowest BCUT2D eigenvalue weighted by Gasteiger charge is -1.99. The number of carbonyl (C=O) groups excluding carboxylic acids is 1. The normalized spacial score (nSPS) is 17.4. The summed E-state index contributed by atoms with van der Waals surface area (Å²) in [5.41, 5.74) is 3.88. The number of aliphatic imine (C=N–C) groups is 1. The van der Waals surface area contributed by atoms with Crippen LogP contribution in [0.4, 0.5) is 5.69 Å². The molecule has 3 aromatic rings. The van der Waals surface area contributed by atoms with Crippen LogP contribution in [0.5, 0.6) is 0 Å². The molecule has 1 fully saturated rings. The van der Waals surface area contributed by atoms with Crippen LogP contribution in [0, 0.1) is 6.92 Å². The lowest BCUT2D eigenvalue weighted by Crippen LogP contribution is -2.19. The number of aryl methyl sites for hydroxylation is 1. The Hall–Kier alpha value is -2.92. The highest BCUT2D eigenvalue weighted by molar-refractivity contribution is 8.18. The Kier molecular flexibility index (Phi) is 4.07. The second-order valence-electron chi connectivity index (χ2n) is 5.78. The van der Waals surface area contributed by atoms with E-state index in [1.807, 2.05) is 67.6 Å². The van der Waals surface area contributed by atoms with E-state index in [9.17, 15) is 4.79 Å². The molecule has 0 atom stereocenters. The Morgan fingerprint density at radius 3 is 2.92 bits per heavy atom. The molecule has 1 aliphatic heterocycles. The number of aromatic nitrogens is 1. The van der Waals surface area contributed by atoms with Gasteiger partial charge in [-0.15, -0.1) is 0 Å². The molecular formula is C20H15N3OS. The van der Waals surface area contributed by atoms with Gasteiger partial charge < -0.3 is 5.32 Å². The van der Waals surface area contributed by atoms with Gasteiger partial charge in [0.05, 0.1) is 16.1 Å². The molecule has 25 heavy (non-hydrogen) atoms. The number of benzene rings is 2. The van der Waals surface area contributed by atoms with Gasteiger partial charge in [-0.3, -0.25) is 9.78 Å². The molecular weight excluding hydrogens is 330 g/mol. The number of amides is 1. The third kappa shape index (κ3) is 3.46. The van der Waals surface area contributed by atoms with Gasteiger partial charge in [0.15, 0.2) is 5.17 Å². The topological polar surface area (TPSA) is 54.4 Å². The Bertz CT molecular complexity index is 1040. The van der Waals surface area contributed by atoms with Crippen LogP contribution < -0.4 is 5.32 Å². The second kappa shape index (κ2) is 6.53. The molecule has 2 aromatic carbocycles. The maximum absolute atomic E-state index is 12.2. The van der Waals surface area contributed by atoms with Crippen LogP contribution in [-0.2, 0) is 4.79 Å². The average molecular weight is 345 g/mol. The third-order valence-electron chi connectivity index (χ3n) is 3.81. The monoisotopic (exact) mass is 345 g/mol. The number of rotatable bonds is 2. The molecule has 0 aliphatic carbocycles. The number of nitrogens with zero attached hydrogens (tertiary/aromatic N) is 2. The van der Waals surface area contributed by atoms with E-state index in [0.29, 0.717) is 10.1 Å². The molecule has 1 amide bonds. The molecule has 0 saturated carbocycles. The van der Waals surface area contributed by atoms with Crippen molar-refractivity contribution in [1.82, 2.24) is 10.3 Å². The first-order valence-electron chi connectivity index (χ1n) is 7.88. The summed E-state index contributed by atoms with van der Waals surface area (Å²) >= 11 is 1.35. The molecule has 5 heteroatoms. The minimum atomic E-state index is -0.123. The van der Waals surface area contributed by atoms with Gasteiger partial charge in [0.25, 0.3) is 5.91 Å². The first kappa shape index (κ1) is 15.6. The highest BCUT2D eigenvalue weighted by Gasteiger charge is 2.23. The van der Waals surface area contributed by atoms with Crippen LogP contribution in [0.2, 0.25) is 0 Å². The first-order valence-corrected chi connectivity index (χ1v) is 8.70. The molecule has 122 valence electrons. The summed E-state index contributed by atoms with van der Waals surface area (Å²) in [5.74, 6) is -0.123. The Morgan fingerprint density at radius 2 is 2.04 bits per heavy atom. The molecule has 4 rings (SSSR count). The summed E-state index contributed by atoms with van der Waals surface area (Å²) in [5, 5.41) is 4.47. The first-order chi connectivity index (χ1) is 12.2. The van der Waals surface area contributed by atoms with Crippen molar-refractivity contribution in [2.24, 2.45) is 4.99 Å². The van der Waals surface area contributed by atoms with E-state index in [2.05, 4.69) is 15.3 Å². The van der Waals surface area contributed by atoms with E-state index in [4.69, 9.17) is 0 Å². The van der Waals surface area contributed by atoms with Crippen LogP contribution in [0.25, 0.3) is 17.0 Å². The highest BCUT2D eigenvalue weighted by Crippen LogP contribution is 2.28. The summed E-state index contributed by atoms with van der Waals surface area (Å²) in [7, 11) is 0. The Morgan fingerprint density at radius 1 is 1.12 bits per heavy atom. The number of hydrogen-bond acceptors (Lipinski definition) is 4. The van der Waals surface area contributed by atoms with Crippen molar-refractivity contribution in [3.8, 4) is 0 Å². The number of fused-ring (bicyclic) bond motifs is 1. The molecule has 4 nitrogen and oxygen atoms in total. The third-order valence-corrected chi connectivity index (χ3v) is 4.72. The fourth-order valence-electron chi connectivity index (χ4n) is 2.63. The zero-order valence-corrected chi connectivity index (χ0v) is 14.4. The minimum absolute atomic E-state index is 0.123. The van der Waals surface area contributed by atoms with Gasteiger partial charge >= 0.3 is 0 Å². The summed E-state index contributed by atoms with van der Waals surface area (Å²) < 4.78 is 0. The van der Waals surface area contributed by atoms with Gasteiger partial charge in [0, 0.05) is 11.6 Å². The SMILES string of the molecule is Cc1cccc(N=C2NC(=O)/C(=C/c3ccc4ncccc4c3)S2)c1. The van der Waals surface area contributed by atoms with Crippen molar-refractivity contribution in [1.29, 1.82) is 0 Å². The minimum Gasteiger partial charge on any atom is -0.300 e. The molecule has 1 aliphatic rings. The number of amidine groups is 1. The zero-order chi connectivity index (χ0) is 17.2. The maximum Gasteiger partial charge on any atom is 0.264 e. The Balaban J connectivity index is 1.62. The average Bonchev–Trinajstić information content (AvgIpc) is 2.94. The van der Waals surface area contributed by atoms with Crippen molar-refractivity contribution in [3.05, 3.63) is 76.8 Å². The van der Waals surface area contributed by atoms with Crippen molar-refractivity contribution in [2.75, 3.05) is 0 Å². The van der Waals surface area contributed by atoms with Crippen molar-refractivity contribution < 1.29 is 4.79 Å². The van der Waals surface area contributed by atoms with E-state index in [0.717, 1.165) is 27.7 Å². The Labute approximate surface area is 149 Å². The number of nitrogens with one attached hydrogen (secondary N) is 1. The molecule has 1 aromatic heterocycles. The molecule has 1 N–H and O–H groups in total. The summed E-state index contributed by atoms with van der Waals surface area (Å²) in [6.45, 7) is 2.02. The van der Waals surface area contributed by atoms with Crippen molar-refractivity contribution >= 4 is 45.5 Å². The standard InChI is InChI=1S/C20H15N3OS/c1-13-4-2-6-16(10-13)22-20-23-19(24)18(25-20)12-14-7-8-17-15(11-14)5-3-9-21-17/h2-12H,1H3,(H,22,23,24)/b18-12-. The largest absolute Gasteiger partial charge is 0.300 e. The van der Waals surface area contributed by atoms with Crippen LogP contribution in [0.1, 0.15) is 11.1 Å².